The van der Waals surface area contributed by atoms with E-state index in [0.717, 1.165) is 0 Å². The minimum Gasteiger partial charge on any atom is -0.366 e. The fourth-order valence-electron chi connectivity index (χ4n) is 2.59. The van der Waals surface area contributed by atoms with Crippen molar-refractivity contribution >= 4 is 28.4 Å². The third kappa shape index (κ3) is 3.94. The molecule has 26 heavy (non-hydrogen) atoms. The standard InChI is InChI=1S/C19H16FN3O3/c20-14-5-1-12-9-13(19(26)23-16(12)10-14)4-8-17(24)22-15-6-2-11(3-7-15)18(21)25/h1-3,5-7,9-10H,4,8H2,(H2,21,25)(H,22,24)(H,23,26). The molecule has 0 spiro atoms. The molecule has 1 aromatic heterocycles. The highest BCUT2D eigenvalue weighted by molar-refractivity contribution is 5.94. The van der Waals surface area contributed by atoms with Crippen LogP contribution >= 0.6 is 0 Å². The van der Waals surface area contributed by atoms with E-state index in [0.29, 0.717) is 27.7 Å². The Balaban J connectivity index is 1.66. The molecule has 0 atom stereocenters. The summed E-state index contributed by atoms with van der Waals surface area (Å²) in [6, 6.07) is 12.0. The van der Waals surface area contributed by atoms with Gasteiger partial charge in [-0.25, -0.2) is 4.39 Å². The van der Waals surface area contributed by atoms with Crippen molar-refractivity contribution in [3.05, 3.63) is 75.8 Å². The van der Waals surface area contributed by atoms with Crippen molar-refractivity contribution in [3.63, 3.8) is 0 Å². The first-order chi connectivity index (χ1) is 12.4. The molecular weight excluding hydrogens is 337 g/mol. The van der Waals surface area contributed by atoms with Crippen molar-refractivity contribution in [2.45, 2.75) is 12.8 Å². The summed E-state index contributed by atoms with van der Waals surface area (Å²) in [5, 5.41) is 3.39. The molecule has 132 valence electrons. The quantitative estimate of drug-likeness (QED) is 0.655. The lowest BCUT2D eigenvalue weighted by atomic mass is 10.1. The van der Waals surface area contributed by atoms with Crippen molar-refractivity contribution < 1.29 is 14.0 Å². The number of primary amides is 1. The van der Waals surface area contributed by atoms with E-state index < -0.39 is 11.7 Å². The minimum atomic E-state index is -0.543. The Bertz CT molecular complexity index is 1040. The molecule has 1 heterocycles. The lowest BCUT2D eigenvalue weighted by molar-refractivity contribution is -0.116. The van der Waals surface area contributed by atoms with Gasteiger partial charge in [-0.3, -0.25) is 14.4 Å². The van der Waals surface area contributed by atoms with Crippen LogP contribution in [-0.2, 0) is 11.2 Å². The van der Waals surface area contributed by atoms with E-state index in [1.807, 2.05) is 0 Å². The molecule has 0 aliphatic heterocycles. The van der Waals surface area contributed by atoms with Crippen LogP contribution in [0.1, 0.15) is 22.3 Å². The molecule has 0 fully saturated rings. The number of benzene rings is 2. The molecule has 0 unspecified atom stereocenters. The highest BCUT2D eigenvalue weighted by Gasteiger charge is 2.08. The van der Waals surface area contributed by atoms with Crippen LogP contribution in [0.2, 0.25) is 0 Å². The maximum atomic E-state index is 13.2. The van der Waals surface area contributed by atoms with Gasteiger partial charge < -0.3 is 16.0 Å². The number of hydrogen-bond acceptors (Lipinski definition) is 3. The number of nitrogens with one attached hydrogen (secondary N) is 2. The predicted molar refractivity (Wildman–Crippen MR) is 96.4 cm³/mol. The van der Waals surface area contributed by atoms with Crippen LogP contribution in [0.15, 0.2) is 53.3 Å². The predicted octanol–water partition coefficient (Wildman–Crippen LogP) is 2.34. The summed E-state index contributed by atoms with van der Waals surface area (Å²) < 4.78 is 13.2. The topological polar surface area (TPSA) is 105 Å². The van der Waals surface area contributed by atoms with E-state index in [2.05, 4.69) is 10.3 Å². The molecule has 7 heteroatoms. The van der Waals surface area contributed by atoms with Crippen molar-refractivity contribution in [2.75, 3.05) is 5.32 Å². The van der Waals surface area contributed by atoms with E-state index >= 15 is 0 Å². The smallest absolute Gasteiger partial charge is 0.251 e. The zero-order valence-electron chi connectivity index (χ0n) is 13.7. The number of fused-ring (bicyclic) bond motifs is 1. The number of nitrogens with two attached hydrogens (primary N) is 1. The molecule has 2 amide bonds. The van der Waals surface area contributed by atoms with Gasteiger partial charge in [-0.15, -0.1) is 0 Å². The molecule has 6 nitrogen and oxygen atoms in total. The molecule has 0 radical (unpaired) electrons. The average Bonchev–Trinajstić information content (AvgIpc) is 2.60. The van der Waals surface area contributed by atoms with Gasteiger partial charge in [0.15, 0.2) is 0 Å². The summed E-state index contributed by atoms with van der Waals surface area (Å²) in [5.41, 5.74) is 6.56. The van der Waals surface area contributed by atoms with Gasteiger partial charge in [-0.1, -0.05) is 0 Å². The largest absolute Gasteiger partial charge is 0.366 e. The zero-order valence-corrected chi connectivity index (χ0v) is 13.7. The van der Waals surface area contributed by atoms with Crippen molar-refractivity contribution in [3.8, 4) is 0 Å². The van der Waals surface area contributed by atoms with Crippen LogP contribution in [0.5, 0.6) is 0 Å². The molecule has 3 rings (SSSR count). The van der Waals surface area contributed by atoms with Crippen molar-refractivity contribution in [1.82, 2.24) is 4.98 Å². The average molecular weight is 353 g/mol. The summed E-state index contributed by atoms with van der Waals surface area (Å²) in [6.07, 6.45) is 0.348. The minimum absolute atomic E-state index is 0.105. The molecule has 4 N–H and O–H groups in total. The van der Waals surface area contributed by atoms with E-state index in [-0.39, 0.29) is 24.3 Å². The number of hydrogen-bond donors (Lipinski definition) is 3. The van der Waals surface area contributed by atoms with Crippen LogP contribution in [-0.4, -0.2) is 16.8 Å². The summed E-state index contributed by atoms with van der Waals surface area (Å²) in [4.78, 5) is 37.8. The number of amides is 2. The number of H-pyrrole nitrogens is 1. The van der Waals surface area contributed by atoms with Crippen molar-refractivity contribution in [2.24, 2.45) is 5.73 Å². The van der Waals surface area contributed by atoms with Gasteiger partial charge >= 0.3 is 0 Å². The monoisotopic (exact) mass is 353 g/mol. The third-order valence-corrected chi connectivity index (χ3v) is 3.96. The Hall–Kier alpha value is -3.48. The first kappa shape index (κ1) is 17.3. The SMILES string of the molecule is NC(=O)c1ccc(NC(=O)CCc2cc3ccc(F)cc3[nH]c2=O)cc1. The Kier molecular flexibility index (Phi) is 4.79. The van der Waals surface area contributed by atoms with Crippen molar-refractivity contribution in [1.29, 1.82) is 0 Å². The highest BCUT2D eigenvalue weighted by atomic mass is 19.1. The van der Waals surface area contributed by atoms with Gasteiger partial charge in [-0.2, -0.15) is 0 Å². The number of aromatic nitrogens is 1. The van der Waals surface area contributed by atoms with E-state index in [1.54, 1.807) is 24.3 Å². The van der Waals surface area contributed by atoms with Crippen LogP contribution in [0.25, 0.3) is 10.9 Å². The number of aryl methyl sites for hydroxylation is 1. The lowest BCUT2D eigenvalue weighted by Gasteiger charge is -2.06. The fraction of sp³-hybridized carbons (Fsp3) is 0.105. The van der Waals surface area contributed by atoms with Gasteiger partial charge in [0.25, 0.3) is 5.56 Å². The number of anilines is 1. The zero-order chi connectivity index (χ0) is 18.7. The molecule has 3 aromatic rings. The third-order valence-electron chi connectivity index (χ3n) is 3.96. The maximum absolute atomic E-state index is 13.2. The van der Waals surface area contributed by atoms with Crippen LogP contribution in [0.4, 0.5) is 10.1 Å². The number of carbonyl (C=O) groups is 2. The first-order valence-corrected chi connectivity index (χ1v) is 7.93. The summed E-state index contributed by atoms with van der Waals surface area (Å²) in [6.45, 7) is 0. The summed E-state index contributed by atoms with van der Waals surface area (Å²) in [7, 11) is 0. The second-order valence-electron chi connectivity index (χ2n) is 5.85. The second-order valence-corrected chi connectivity index (χ2v) is 5.85. The van der Waals surface area contributed by atoms with Gasteiger partial charge in [0.1, 0.15) is 5.82 Å². The normalized spacial score (nSPS) is 10.7. The molecule has 0 saturated heterocycles. The number of halogens is 1. The number of pyridine rings is 1. The molecule has 2 aromatic carbocycles. The Labute approximate surface area is 147 Å². The molecule has 0 saturated carbocycles. The maximum Gasteiger partial charge on any atom is 0.251 e. The summed E-state index contributed by atoms with van der Waals surface area (Å²) in [5.74, 6) is -1.24. The number of carbonyl (C=O) groups excluding carboxylic acids is 2. The molecule has 0 bridgehead atoms. The Morgan fingerprint density at radius 1 is 1.08 bits per heavy atom. The first-order valence-electron chi connectivity index (χ1n) is 7.93. The fourth-order valence-corrected chi connectivity index (χ4v) is 2.59. The summed E-state index contributed by atoms with van der Waals surface area (Å²) >= 11 is 0. The van der Waals surface area contributed by atoms with Crippen LogP contribution in [0.3, 0.4) is 0 Å². The van der Waals surface area contributed by atoms with Gasteiger partial charge in [0.05, 0.1) is 5.52 Å². The number of rotatable bonds is 5. The Morgan fingerprint density at radius 2 is 1.81 bits per heavy atom. The van der Waals surface area contributed by atoms with E-state index in [9.17, 15) is 18.8 Å². The van der Waals surface area contributed by atoms with Crippen LogP contribution < -0.4 is 16.6 Å². The van der Waals surface area contributed by atoms with Gasteiger partial charge in [0.2, 0.25) is 11.8 Å². The second kappa shape index (κ2) is 7.18. The number of aromatic amines is 1. The molecular formula is C19H16FN3O3. The Morgan fingerprint density at radius 3 is 2.50 bits per heavy atom. The van der Waals surface area contributed by atoms with Gasteiger partial charge in [0, 0.05) is 23.2 Å². The van der Waals surface area contributed by atoms with E-state index in [4.69, 9.17) is 5.73 Å². The molecule has 0 aliphatic carbocycles. The molecule has 0 aliphatic rings. The highest BCUT2D eigenvalue weighted by Crippen LogP contribution is 2.14. The van der Waals surface area contributed by atoms with Crippen LogP contribution in [0, 0.1) is 5.82 Å². The van der Waals surface area contributed by atoms with E-state index in [1.165, 1.54) is 24.3 Å². The lowest BCUT2D eigenvalue weighted by Crippen LogP contribution is -2.17. The van der Waals surface area contributed by atoms with Gasteiger partial charge in [-0.05, 0) is 60.3 Å².